The highest BCUT2D eigenvalue weighted by molar-refractivity contribution is 14.1. The van der Waals surface area contributed by atoms with E-state index in [1.165, 1.54) is 17.6 Å². The number of carbonyl (C=O) groups excluding carboxylic acids is 1. The molecule has 36 heavy (non-hydrogen) atoms. The third-order valence-electron chi connectivity index (χ3n) is 5.26. The van der Waals surface area contributed by atoms with Crippen molar-refractivity contribution < 1.29 is 18.7 Å². The van der Waals surface area contributed by atoms with Gasteiger partial charge in [-0.2, -0.15) is 10.4 Å². The van der Waals surface area contributed by atoms with Gasteiger partial charge in [0.1, 0.15) is 29.9 Å². The van der Waals surface area contributed by atoms with Crippen molar-refractivity contribution >= 4 is 34.7 Å². The number of benzene rings is 2. The first kappa shape index (κ1) is 25.1. The number of carbonyl (C=O) groups is 1. The van der Waals surface area contributed by atoms with E-state index in [0.29, 0.717) is 17.3 Å². The van der Waals surface area contributed by atoms with Crippen molar-refractivity contribution in [1.82, 2.24) is 9.99 Å². The second-order valence-corrected chi connectivity index (χ2v) is 9.00. The van der Waals surface area contributed by atoms with Crippen LogP contribution in [0, 0.1) is 28.7 Å². The van der Waals surface area contributed by atoms with E-state index in [9.17, 15) is 4.79 Å². The smallest absolute Gasteiger partial charge is 0.307 e. The molecular formula is C27H23IN4O4. The molecule has 0 radical (unpaired) electrons. The Bertz CT molecular complexity index is 1410. The van der Waals surface area contributed by atoms with Gasteiger partial charge in [-0.3, -0.25) is 4.79 Å². The van der Waals surface area contributed by atoms with E-state index in [0.717, 1.165) is 14.8 Å². The number of aryl methyl sites for hydroxylation is 2. The zero-order valence-corrected chi connectivity index (χ0v) is 21.9. The summed E-state index contributed by atoms with van der Waals surface area (Å²) in [6.45, 7) is 4.31. The average Bonchev–Trinajstić information content (AvgIpc) is 3.49. The third kappa shape index (κ3) is 6.14. The van der Waals surface area contributed by atoms with E-state index in [2.05, 4.69) is 63.7 Å². The van der Waals surface area contributed by atoms with Crippen LogP contribution in [0.3, 0.4) is 0 Å². The number of ether oxygens (including phenoxy) is 2. The summed E-state index contributed by atoms with van der Waals surface area (Å²) < 4.78 is 19.7. The second kappa shape index (κ2) is 11.6. The van der Waals surface area contributed by atoms with Crippen molar-refractivity contribution in [1.29, 1.82) is 5.26 Å². The molecule has 2 aromatic heterocycles. The first-order valence-electron chi connectivity index (χ1n) is 11.0. The molecule has 0 fully saturated rings. The number of hydrazone groups is 1. The van der Waals surface area contributed by atoms with E-state index >= 15 is 0 Å². The normalized spacial score (nSPS) is 10.8. The van der Waals surface area contributed by atoms with Crippen LogP contribution < -0.4 is 14.9 Å². The number of furan rings is 1. The standard InChI is InChI=1S/C27H23IN4O4/c1-18-3-4-19(2)32(18)21-6-8-22(9-7-21)35-17-23-10-12-26(36-23)27(33)31-30-16-20-5-11-25(24(28)15-20)34-14-13-29/h3-12,15-16H,14,17H2,1-2H3,(H,31,33)/b30-16+. The van der Waals surface area contributed by atoms with Crippen LogP contribution in [0.1, 0.15) is 33.3 Å². The number of hydrogen-bond acceptors (Lipinski definition) is 6. The molecule has 2 heterocycles. The van der Waals surface area contributed by atoms with Crippen LogP contribution >= 0.6 is 22.6 Å². The number of nitriles is 1. The second-order valence-electron chi connectivity index (χ2n) is 7.84. The molecule has 0 aliphatic heterocycles. The summed E-state index contributed by atoms with van der Waals surface area (Å²) in [7, 11) is 0. The Hall–Kier alpha value is -4.04. The number of nitrogens with zero attached hydrogens (tertiary/aromatic N) is 3. The molecule has 0 atom stereocenters. The molecule has 182 valence electrons. The summed E-state index contributed by atoms with van der Waals surface area (Å²) in [5.74, 6) is 1.50. The van der Waals surface area contributed by atoms with Crippen molar-refractivity contribution in [3.05, 3.63) is 98.8 Å². The Labute approximate surface area is 222 Å². The Morgan fingerprint density at radius 2 is 1.83 bits per heavy atom. The van der Waals surface area contributed by atoms with Crippen molar-refractivity contribution in [2.24, 2.45) is 5.10 Å². The molecule has 0 saturated carbocycles. The Balaban J connectivity index is 1.29. The third-order valence-corrected chi connectivity index (χ3v) is 6.10. The van der Waals surface area contributed by atoms with Crippen LogP contribution in [0.2, 0.25) is 0 Å². The highest BCUT2D eigenvalue weighted by Gasteiger charge is 2.11. The lowest BCUT2D eigenvalue weighted by Gasteiger charge is -2.10. The van der Waals surface area contributed by atoms with Crippen LogP contribution in [-0.4, -0.2) is 23.3 Å². The van der Waals surface area contributed by atoms with Crippen LogP contribution in [0.25, 0.3) is 5.69 Å². The molecule has 1 N–H and O–H groups in total. The topological polar surface area (TPSA) is 102 Å². The maximum atomic E-state index is 12.4. The number of aromatic nitrogens is 1. The molecule has 0 aliphatic rings. The summed E-state index contributed by atoms with van der Waals surface area (Å²) in [5.41, 5.74) is 6.62. The van der Waals surface area contributed by atoms with Crippen molar-refractivity contribution in [2.75, 3.05) is 6.61 Å². The molecule has 0 spiro atoms. The minimum atomic E-state index is -0.469. The Kier molecular flexibility index (Phi) is 8.07. The van der Waals surface area contributed by atoms with Gasteiger partial charge < -0.3 is 18.5 Å². The summed E-state index contributed by atoms with van der Waals surface area (Å²) >= 11 is 2.11. The summed E-state index contributed by atoms with van der Waals surface area (Å²) in [4.78, 5) is 12.4. The molecule has 9 heteroatoms. The molecule has 0 saturated heterocycles. The van der Waals surface area contributed by atoms with Gasteiger partial charge >= 0.3 is 5.91 Å². The molecule has 8 nitrogen and oxygen atoms in total. The Morgan fingerprint density at radius 3 is 2.53 bits per heavy atom. The van der Waals surface area contributed by atoms with Gasteiger partial charge in [-0.05, 0) is 109 Å². The summed E-state index contributed by atoms with van der Waals surface area (Å²) in [6.07, 6.45) is 1.52. The Morgan fingerprint density at radius 1 is 1.08 bits per heavy atom. The lowest BCUT2D eigenvalue weighted by atomic mass is 10.2. The maximum Gasteiger partial charge on any atom is 0.307 e. The van der Waals surface area contributed by atoms with E-state index in [-0.39, 0.29) is 19.0 Å². The van der Waals surface area contributed by atoms with Crippen molar-refractivity contribution in [3.63, 3.8) is 0 Å². The number of hydrogen-bond donors (Lipinski definition) is 1. The van der Waals surface area contributed by atoms with Gasteiger partial charge in [0.15, 0.2) is 12.4 Å². The molecule has 1 amide bonds. The molecule has 2 aromatic carbocycles. The van der Waals surface area contributed by atoms with Gasteiger partial charge in [-0.25, -0.2) is 5.43 Å². The summed E-state index contributed by atoms with van der Waals surface area (Å²) in [6, 6.07) is 22.6. The highest BCUT2D eigenvalue weighted by atomic mass is 127. The number of amides is 1. The lowest BCUT2D eigenvalue weighted by Crippen LogP contribution is -2.16. The van der Waals surface area contributed by atoms with Crippen LogP contribution in [0.4, 0.5) is 0 Å². The number of nitrogens with one attached hydrogen (secondary N) is 1. The van der Waals surface area contributed by atoms with E-state index in [1.807, 2.05) is 36.4 Å². The van der Waals surface area contributed by atoms with Gasteiger partial charge in [0.25, 0.3) is 0 Å². The van der Waals surface area contributed by atoms with Crippen molar-refractivity contribution in [3.8, 4) is 23.3 Å². The average molecular weight is 594 g/mol. The minimum Gasteiger partial charge on any atom is -0.486 e. The monoisotopic (exact) mass is 594 g/mol. The molecule has 0 aliphatic carbocycles. The molecule has 0 unspecified atom stereocenters. The molecule has 4 rings (SSSR count). The van der Waals surface area contributed by atoms with E-state index in [1.54, 1.807) is 24.3 Å². The molecule has 4 aromatic rings. The zero-order chi connectivity index (χ0) is 25.5. The van der Waals surface area contributed by atoms with Gasteiger partial charge in [-0.1, -0.05) is 0 Å². The fourth-order valence-corrected chi connectivity index (χ4v) is 4.24. The first-order chi connectivity index (χ1) is 17.4. The molecule has 0 bridgehead atoms. The van der Waals surface area contributed by atoms with E-state index in [4.69, 9.17) is 19.2 Å². The zero-order valence-electron chi connectivity index (χ0n) is 19.7. The lowest BCUT2D eigenvalue weighted by molar-refractivity contribution is 0.0923. The predicted octanol–water partition coefficient (Wildman–Crippen LogP) is 5.54. The summed E-state index contributed by atoms with van der Waals surface area (Å²) in [5, 5.41) is 12.6. The first-order valence-corrected chi connectivity index (χ1v) is 12.1. The number of rotatable bonds is 9. The van der Waals surface area contributed by atoms with Gasteiger partial charge in [0.2, 0.25) is 0 Å². The van der Waals surface area contributed by atoms with Gasteiger partial charge in [0.05, 0.1) is 9.78 Å². The van der Waals surface area contributed by atoms with Crippen LogP contribution in [0.15, 0.2) is 76.2 Å². The van der Waals surface area contributed by atoms with Crippen LogP contribution in [-0.2, 0) is 6.61 Å². The van der Waals surface area contributed by atoms with E-state index < -0.39 is 5.91 Å². The highest BCUT2D eigenvalue weighted by Crippen LogP contribution is 2.22. The minimum absolute atomic E-state index is 0.0181. The predicted molar refractivity (Wildman–Crippen MR) is 144 cm³/mol. The maximum absolute atomic E-state index is 12.4. The van der Waals surface area contributed by atoms with Crippen molar-refractivity contribution in [2.45, 2.75) is 20.5 Å². The van der Waals surface area contributed by atoms with Crippen LogP contribution in [0.5, 0.6) is 11.5 Å². The fourth-order valence-electron chi connectivity index (χ4n) is 3.54. The number of halogens is 1. The fraction of sp³-hybridized carbons (Fsp3) is 0.148. The van der Waals surface area contributed by atoms with Gasteiger partial charge in [-0.15, -0.1) is 0 Å². The largest absolute Gasteiger partial charge is 0.486 e. The molecular weight excluding hydrogens is 571 g/mol. The SMILES string of the molecule is Cc1ccc(C)n1-c1ccc(OCc2ccc(C(=O)N/N=C/c3ccc(OCC#N)c(I)c3)o2)cc1. The van der Waals surface area contributed by atoms with Gasteiger partial charge in [0, 0.05) is 17.1 Å². The quantitative estimate of drug-likeness (QED) is 0.156.